The number of oxazole rings is 1. The number of benzene rings is 1. The number of anilines is 1. The molecule has 0 fully saturated rings. The van der Waals surface area contributed by atoms with Crippen LogP contribution in [0, 0.1) is 6.92 Å². The lowest BCUT2D eigenvalue weighted by Gasteiger charge is -2.06. The van der Waals surface area contributed by atoms with E-state index in [4.69, 9.17) is 4.42 Å². The molecule has 0 unspecified atom stereocenters. The van der Waals surface area contributed by atoms with E-state index in [0.29, 0.717) is 23.5 Å². The molecule has 2 N–H and O–H groups in total. The molecule has 0 radical (unpaired) electrons. The van der Waals surface area contributed by atoms with Crippen LogP contribution < -0.4 is 10.9 Å². The van der Waals surface area contributed by atoms with E-state index < -0.39 is 0 Å². The number of H-pyrrole nitrogens is 1. The normalized spacial score (nSPS) is 11.0. The molecule has 8 heteroatoms. The molecule has 8 nitrogen and oxygen atoms in total. The first kappa shape index (κ1) is 14.2. The average molecular weight is 322 g/mol. The first-order chi connectivity index (χ1) is 11.7. The molecule has 120 valence electrons. The highest BCUT2D eigenvalue weighted by atomic mass is 16.3. The van der Waals surface area contributed by atoms with E-state index in [-0.39, 0.29) is 5.56 Å². The summed E-state index contributed by atoms with van der Waals surface area (Å²) in [5.41, 5.74) is 1.84. The molecule has 4 rings (SSSR count). The average Bonchev–Trinajstić information content (AvgIpc) is 3.20. The quantitative estimate of drug-likeness (QED) is 0.596. The molecule has 4 aromatic rings. The van der Waals surface area contributed by atoms with Crippen molar-refractivity contribution in [3.63, 3.8) is 0 Å². The highest BCUT2D eigenvalue weighted by Crippen LogP contribution is 2.15. The van der Waals surface area contributed by atoms with Crippen molar-refractivity contribution in [3.8, 4) is 5.69 Å². The van der Waals surface area contributed by atoms with Crippen LogP contribution >= 0.6 is 0 Å². The largest absolute Gasteiger partial charge is 0.448 e. The summed E-state index contributed by atoms with van der Waals surface area (Å²) in [5.74, 6) is 1.08. The number of nitrogens with one attached hydrogen (secondary N) is 2. The fourth-order valence-electron chi connectivity index (χ4n) is 2.43. The van der Waals surface area contributed by atoms with Gasteiger partial charge in [-0.05, 0) is 19.1 Å². The molecular weight excluding hydrogens is 308 g/mol. The van der Waals surface area contributed by atoms with E-state index in [1.54, 1.807) is 4.68 Å². The fraction of sp³-hybridized carbons (Fsp3) is 0.125. The lowest BCUT2D eigenvalue weighted by molar-refractivity contribution is 0.524. The summed E-state index contributed by atoms with van der Waals surface area (Å²) in [5, 5.41) is 7.76. The number of aryl methyl sites for hydroxylation is 1. The second kappa shape index (κ2) is 5.65. The molecule has 0 amide bonds. The third-order valence-electron chi connectivity index (χ3n) is 3.71. The van der Waals surface area contributed by atoms with Crippen molar-refractivity contribution < 1.29 is 4.42 Å². The zero-order valence-corrected chi connectivity index (χ0v) is 12.9. The maximum absolute atomic E-state index is 12.2. The van der Waals surface area contributed by atoms with E-state index >= 15 is 0 Å². The Morgan fingerprint density at radius 2 is 2.12 bits per heavy atom. The number of fused-ring (bicyclic) bond motifs is 1. The molecule has 0 aliphatic carbocycles. The third kappa shape index (κ3) is 2.43. The van der Waals surface area contributed by atoms with Crippen molar-refractivity contribution in [1.29, 1.82) is 0 Å². The van der Waals surface area contributed by atoms with Crippen molar-refractivity contribution >= 4 is 17.0 Å². The smallest absolute Gasteiger partial charge is 0.263 e. The van der Waals surface area contributed by atoms with Crippen LogP contribution in [0.3, 0.4) is 0 Å². The molecule has 0 aliphatic rings. The Bertz CT molecular complexity index is 1050. The van der Waals surface area contributed by atoms with Gasteiger partial charge in [0.1, 0.15) is 16.8 Å². The summed E-state index contributed by atoms with van der Waals surface area (Å²) in [7, 11) is 0. The second-order valence-corrected chi connectivity index (χ2v) is 5.25. The van der Waals surface area contributed by atoms with Crippen LogP contribution in [0.4, 0.5) is 5.95 Å². The lowest BCUT2D eigenvalue weighted by atomic mass is 10.3. The maximum atomic E-state index is 12.2. The van der Waals surface area contributed by atoms with Crippen LogP contribution in [-0.2, 0) is 6.54 Å². The number of hydrogen-bond donors (Lipinski definition) is 2. The van der Waals surface area contributed by atoms with Crippen molar-refractivity contribution in [2.24, 2.45) is 0 Å². The maximum Gasteiger partial charge on any atom is 0.263 e. The van der Waals surface area contributed by atoms with E-state index in [2.05, 4.69) is 25.4 Å². The molecule has 0 aliphatic heterocycles. The van der Waals surface area contributed by atoms with Gasteiger partial charge in [0.2, 0.25) is 5.95 Å². The van der Waals surface area contributed by atoms with Crippen molar-refractivity contribution in [3.05, 3.63) is 64.7 Å². The predicted molar refractivity (Wildman–Crippen MR) is 88.1 cm³/mol. The Labute approximate surface area is 136 Å². The SMILES string of the molecule is Cc1ocnc1CNc1nc2c(cnn2-c2ccccc2)c(=O)[nH]1. The van der Waals surface area contributed by atoms with Crippen molar-refractivity contribution in [1.82, 2.24) is 24.7 Å². The number of nitrogens with zero attached hydrogens (tertiary/aromatic N) is 4. The molecule has 1 aromatic carbocycles. The summed E-state index contributed by atoms with van der Waals surface area (Å²) >= 11 is 0. The van der Waals surface area contributed by atoms with Crippen LogP contribution in [0.1, 0.15) is 11.5 Å². The van der Waals surface area contributed by atoms with Crippen LogP contribution in [0.2, 0.25) is 0 Å². The summed E-state index contributed by atoms with van der Waals surface area (Å²) < 4.78 is 6.79. The minimum absolute atomic E-state index is 0.249. The number of rotatable bonds is 4. The number of hydrogen-bond acceptors (Lipinski definition) is 6. The van der Waals surface area contributed by atoms with Crippen LogP contribution in [0.15, 0.2) is 52.1 Å². The van der Waals surface area contributed by atoms with Gasteiger partial charge in [0, 0.05) is 0 Å². The predicted octanol–water partition coefficient (Wildman–Crippen LogP) is 2.02. The van der Waals surface area contributed by atoms with E-state index in [9.17, 15) is 4.79 Å². The molecule has 0 spiro atoms. The van der Waals surface area contributed by atoms with Crippen molar-refractivity contribution in [2.75, 3.05) is 5.32 Å². The van der Waals surface area contributed by atoms with E-state index in [1.165, 1.54) is 12.6 Å². The Morgan fingerprint density at radius 3 is 2.88 bits per heavy atom. The minimum atomic E-state index is -0.249. The molecule has 3 heterocycles. The molecule has 0 saturated heterocycles. The molecule has 0 saturated carbocycles. The Morgan fingerprint density at radius 1 is 1.29 bits per heavy atom. The zero-order chi connectivity index (χ0) is 16.5. The van der Waals surface area contributed by atoms with Gasteiger partial charge in [-0.15, -0.1) is 0 Å². The fourth-order valence-corrected chi connectivity index (χ4v) is 2.43. The molecule has 3 aromatic heterocycles. The van der Waals surface area contributed by atoms with Crippen molar-refractivity contribution in [2.45, 2.75) is 13.5 Å². The van der Waals surface area contributed by atoms with Gasteiger partial charge in [-0.2, -0.15) is 10.1 Å². The number of aromatic nitrogens is 5. The summed E-state index contributed by atoms with van der Waals surface area (Å²) in [4.78, 5) is 23.5. The first-order valence-electron chi connectivity index (χ1n) is 7.38. The molecular formula is C16H14N6O2. The number of aromatic amines is 1. The Balaban J connectivity index is 1.73. The first-order valence-corrected chi connectivity index (χ1v) is 7.38. The molecule has 0 atom stereocenters. The summed E-state index contributed by atoms with van der Waals surface area (Å²) in [6, 6.07) is 9.54. The monoisotopic (exact) mass is 322 g/mol. The van der Waals surface area contributed by atoms with Crippen LogP contribution in [0.25, 0.3) is 16.7 Å². The van der Waals surface area contributed by atoms with Gasteiger partial charge < -0.3 is 9.73 Å². The third-order valence-corrected chi connectivity index (χ3v) is 3.71. The molecule has 24 heavy (non-hydrogen) atoms. The zero-order valence-electron chi connectivity index (χ0n) is 12.9. The summed E-state index contributed by atoms with van der Waals surface area (Å²) in [6.45, 7) is 2.23. The standard InChI is InChI=1S/C16H14N6O2/c1-10-13(18-9-24-10)8-17-16-20-14-12(15(23)21-16)7-19-22(14)11-5-3-2-4-6-11/h2-7,9H,8H2,1H3,(H2,17,20,21,23). The Kier molecular flexibility index (Phi) is 3.34. The highest BCUT2D eigenvalue weighted by molar-refractivity contribution is 5.76. The van der Waals surface area contributed by atoms with Crippen LogP contribution in [-0.4, -0.2) is 24.7 Å². The minimum Gasteiger partial charge on any atom is -0.448 e. The Hall–Kier alpha value is -3.42. The second-order valence-electron chi connectivity index (χ2n) is 5.25. The molecule has 0 bridgehead atoms. The van der Waals surface area contributed by atoms with Gasteiger partial charge >= 0.3 is 0 Å². The number of para-hydroxylation sites is 1. The van der Waals surface area contributed by atoms with E-state index in [0.717, 1.165) is 17.1 Å². The van der Waals surface area contributed by atoms with Gasteiger partial charge in [-0.25, -0.2) is 9.67 Å². The topological polar surface area (TPSA) is 102 Å². The van der Waals surface area contributed by atoms with Crippen LogP contribution in [0.5, 0.6) is 0 Å². The lowest BCUT2D eigenvalue weighted by Crippen LogP contribution is -2.14. The summed E-state index contributed by atoms with van der Waals surface area (Å²) in [6.07, 6.45) is 2.90. The van der Waals surface area contributed by atoms with Gasteiger partial charge in [-0.3, -0.25) is 9.78 Å². The van der Waals surface area contributed by atoms with Gasteiger partial charge in [0.25, 0.3) is 5.56 Å². The van der Waals surface area contributed by atoms with Gasteiger partial charge in [0.15, 0.2) is 12.0 Å². The van der Waals surface area contributed by atoms with Gasteiger partial charge in [-0.1, -0.05) is 18.2 Å². The van der Waals surface area contributed by atoms with E-state index in [1.807, 2.05) is 37.3 Å². The van der Waals surface area contributed by atoms with Gasteiger partial charge in [0.05, 0.1) is 18.4 Å². The highest BCUT2D eigenvalue weighted by Gasteiger charge is 2.12.